The third kappa shape index (κ3) is 6.84. The lowest BCUT2D eigenvalue weighted by atomic mass is 10.2. The van der Waals surface area contributed by atoms with Crippen LogP contribution in [0.15, 0.2) is 48.8 Å². The molecule has 134 valence electrons. The van der Waals surface area contributed by atoms with Crippen LogP contribution in [-0.4, -0.2) is 19.0 Å². The molecule has 0 fully saturated rings. The standard InChI is InChI=1S/C18H19ClN2O3.BrH/c1-24-18(23)14-8-9-15(19)16(13-14)20-17(22)7-3-6-12-21-10-4-2-5-11-21;/h2,4-5,8-11,13H,3,6-7,12H2,1H3;1H. The fourth-order valence-corrected chi connectivity index (χ4v) is 2.41. The zero-order chi connectivity index (χ0) is 17.4. The first-order valence-corrected chi connectivity index (χ1v) is 8.10. The molecule has 0 bridgehead atoms. The summed E-state index contributed by atoms with van der Waals surface area (Å²) < 4.78 is 6.74. The molecule has 0 aliphatic carbocycles. The molecule has 1 heterocycles. The maximum atomic E-state index is 12.0. The summed E-state index contributed by atoms with van der Waals surface area (Å²) in [6.07, 6.45) is 6.06. The van der Waals surface area contributed by atoms with Crippen LogP contribution in [0.25, 0.3) is 0 Å². The number of hydrogen-bond donors (Lipinski definition) is 1. The van der Waals surface area contributed by atoms with Gasteiger partial charge in [-0.1, -0.05) is 17.7 Å². The van der Waals surface area contributed by atoms with Crippen LogP contribution < -0.4 is 26.9 Å². The van der Waals surface area contributed by atoms with E-state index in [9.17, 15) is 9.59 Å². The van der Waals surface area contributed by atoms with Crippen molar-refractivity contribution in [2.24, 2.45) is 0 Å². The van der Waals surface area contributed by atoms with E-state index in [0.29, 0.717) is 22.7 Å². The van der Waals surface area contributed by atoms with E-state index in [1.807, 2.05) is 30.6 Å². The smallest absolute Gasteiger partial charge is 0.337 e. The van der Waals surface area contributed by atoms with Gasteiger partial charge in [-0.2, -0.15) is 0 Å². The molecule has 0 spiro atoms. The van der Waals surface area contributed by atoms with E-state index in [2.05, 4.69) is 14.6 Å². The molecule has 2 rings (SSSR count). The normalized spacial score (nSPS) is 9.84. The Labute approximate surface area is 162 Å². The fraction of sp³-hybridized carbons (Fsp3) is 0.278. The van der Waals surface area contributed by atoms with Crippen molar-refractivity contribution in [3.8, 4) is 0 Å². The third-order valence-electron chi connectivity index (χ3n) is 3.51. The Morgan fingerprint density at radius 3 is 2.56 bits per heavy atom. The van der Waals surface area contributed by atoms with Gasteiger partial charge in [0.25, 0.3) is 0 Å². The number of amides is 1. The van der Waals surface area contributed by atoms with Gasteiger partial charge in [-0.3, -0.25) is 4.79 Å². The van der Waals surface area contributed by atoms with E-state index in [1.165, 1.54) is 13.2 Å². The van der Waals surface area contributed by atoms with Crippen LogP contribution in [0, 0.1) is 0 Å². The highest BCUT2D eigenvalue weighted by Gasteiger charge is 2.11. The van der Waals surface area contributed by atoms with Gasteiger partial charge < -0.3 is 27.0 Å². The molecular formula is C18H20BrClN2O3. The molecule has 0 aliphatic rings. The van der Waals surface area contributed by atoms with Crippen LogP contribution in [0.1, 0.15) is 29.6 Å². The van der Waals surface area contributed by atoms with Crippen molar-refractivity contribution in [3.63, 3.8) is 0 Å². The lowest BCUT2D eigenvalue weighted by molar-refractivity contribution is -0.697. The van der Waals surface area contributed by atoms with Gasteiger partial charge in [0.2, 0.25) is 5.91 Å². The van der Waals surface area contributed by atoms with Crippen molar-refractivity contribution in [1.29, 1.82) is 0 Å². The van der Waals surface area contributed by atoms with Gasteiger partial charge in [-0.15, -0.1) is 0 Å². The summed E-state index contributed by atoms with van der Waals surface area (Å²) in [7, 11) is 1.31. The number of aromatic nitrogens is 1. The Morgan fingerprint density at radius 1 is 1.16 bits per heavy atom. The number of pyridine rings is 1. The molecule has 1 amide bonds. The number of aryl methyl sites for hydroxylation is 1. The predicted molar refractivity (Wildman–Crippen MR) is 91.9 cm³/mol. The second-order valence-electron chi connectivity index (χ2n) is 5.30. The highest BCUT2D eigenvalue weighted by molar-refractivity contribution is 6.33. The first-order valence-electron chi connectivity index (χ1n) is 7.72. The van der Waals surface area contributed by atoms with Crippen molar-refractivity contribution < 1.29 is 35.9 Å². The number of esters is 1. The molecule has 5 nitrogen and oxygen atoms in total. The monoisotopic (exact) mass is 426 g/mol. The van der Waals surface area contributed by atoms with Crippen molar-refractivity contribution >= 4 is 29.2 Å². The van der Waals surface area contributed by atoms with E-state index in [1.54, 1.807) is 12.1 Å². The largest absolute Gasteiger partial charge is 1.00 e. The second-order valence-corrected chi connectivity index (χ2v) is 5.71. The number of rotatable bonds is 7. The van der Waals surface area contributed by atoms with Gasteiger partial charge in [0.05, 0.1) is 23.4 Å². The number of hydrogen-bond acceptors (Lipinski definition) is 3. The maximum Gasteiger partial charge on any atom is 0.337 e. The summed E-state index contributed by atoms with van der Waals surface area (Å²) in [6.45, 7) is 0.868. The third-order valence-corrected chi connectivity index (χ3v) is 3.84. The first kappa shape index (κ1) is 21.1. The van der Waals surface area contributed by atoms with Gasteiger partial charge in [-0.25, -0.2) is 9.36 Å². The Bertz CT molecular complexity index is 711. The quantitative estimate of drug-likeness (QED) is 0.391. The molecule has 1 aromatic carbocycles. The lowest BCUT2D eigenvalue weighted by Crippen LogP contribution is -3.00. The fourth-order valence-electron chi connectivity index (χ4n) is 2.24. The number of anilines is 1. The highest BCUT2D eigenvalue weighted by atomic mass is 79.9. The van der Waals surface area contributed by atoms with Crippen molar-refractivity contribution in [2.75, 3.05) is 12.4 Å². The van der Waals surface area contributed by atoms with Crippen LogP contribution >= 0.6 is 11.6 Å². The van der Waals surface area contributed by atoms with Crippen LogP contribution in [-0.2, 0) is 16.1 Å². The number of ether oxygens (including phenoxy) is 1. The number of carbonyl (C=O) groups excluding carboxylic acids is 2. The van der Waals surface area contributed by atoms with Gasteiger partial charge in [0.1, 0.15) is 6.54 Å². The van der Waals surface area contributed by atoms with E-state index < -0.39 is 5.97 Å². The topological polar surface area (TPSA) is 59.3 Å². The molecule has 0 atom stereocenters. The lowest BCUT2D eigenvalue weighted by Gasteiger charge is -2.08. The summed E-state index contributed by atoms with van der Waals surface area (Å²) in [5.41, 5.74) is 0.764. The maximum absolute atomic E-state index is 12.0. The average molecular weight is 428 g/mol. The molecule has 2 aromatic rings. The first-order chi connectivity index (χ1) is 11.6. The molecule has 0 saturated heterocycles. The van der Waals surface area contributed by atoms with E-state index in [4.69, 9.17) is 11.6 Å². The van der Waals surface area contributed by atoms with E-state index >= 15 is 0 Å². The minimum Gasteiger partial charge on any atom is -1.00 e. The Kier molecular flexibility index (Phi) is 9.16. The molecule has 1 N–H and O–H groups in total. The molecule has 0 radical (unpaired) electrons. The zero-order valence-corrected chi connectivity index (χ0v) is 16.2. The van der Waals surface area contributed by atoms with Gasteiger partial charge in [0.15, 0.2) is 12.4 Å². The molecular weight excluding hydrogens is 408 g/mol. The van der Waals surface area contributed by atoms with E-state index in [-0.39, 0.29) is 22.9 Å². The minimum atomic E-state index is -0.470. The number of nitrogens with one attached hydrogen (secondary N) is 1. The van der Waals surface area contributed by atoms with Crippen LogP contribution in [0.2, 0.25) is 5.02 Å². The van der Waals surface area contributed by atoms with Crippen LogP contribution in [0.5, 0.6) is 0 Å². The Balaban J connectivity index is 0.00000312. The van der Waals surface area contributed by atoms with Gasteiger partial charge >= 0.3 is 5.97 Å². The summed E-state index contributed by atoms with van der Waals surface area (Å²) in [4.78, 5) is 23.6. The number of nitrogens with zero attached hydrogens (tertiary/aromatic N) is 1. The summed E-state index contributed by atoms with van der Waals surface area (Å²) in [5.74, 6) is -0.598. The van der Waals surface area contributed by atoms with E-state index in [0.717, 1.165) is 19.4 Å². The van der Waals surface area contributed by atoms with Gasteiger partial charge in [-0.05, 0) is 24.6 Å². The SMILES string of the molecule is COC(=O)c1ccc(Cl)c(NC(=O)CCCC[n+]2ccccc2)c1.[Br-]. The minimum absolute atomic E-state index is 0. The number of carbonyl (C=O) groups is 2. The second kappa shape index (κ2) is 10.8. The molecule has 1 aromatic heterocycles. The molecule has 25 heavy (non-hydrogen) atoms. The number of methoxy groups -OCH3 is 1. The van der Waals surface area contributed by atoms with Crippen molar-refractivity contribution in [1.82, 2.24) is 0 Å². The average Bonchev–Trinajstić information content (AvgIpc) is 2.61. The molecule has 0 aliphatic heterocycles. The van der Waals surface area contributed by atoms with Crippen molar-refractivity contribution in [3.05, 3.63) is 59.4 Å². The number of unbranched alkanes of at least 4 members (excludes halogenated alkanes) is 1. The molecule has 0 saturated carbocycles. The Morgan fingerprint density at radius 2 is 1.88 bits per heavy atom. The highest BCUT2D eigenvalue weighted by Crippen LogP contribution is 2.23. The number of benzene rings is 1. The number of halogens is 2. The summed E-state index contributed by atoms with van der Waals surface area (Å²) >= 11 is 6.06. The summed E-state index contributed by atoms with van der Waals surface area (Å²) in [5, 5.41) is 3.13. The van der Waals surface area contributed by atoms with Crippen molar-refractivity contribution in [2.45, 2.75) is 25.8 Å². The van der Waals surface area contributed by atoms with Gasteiger partial charge in [0, 0.05) is 25.0 Å². The predicted octanol–water partition coefficient (Wildman–Crippen LogP) is 0.227. The van der Waals surface area contributed by atoms with Crippen LogP contribution in [0.4, 0.5) is 5.69 Å². The Hall–Kier alpha value is -1.92. The van der Waals surface area contributed by atoms with Crippen LogP contribution in [0.3, 0.4) is 0 Å². The molecule has 7 heteroatoms. The summed E-state index contributed by atoms with van der Waals surface area (Å²) in [6, 6.07) is 10.6. The molecule has 0 unspecified atom stereocenters. The zero-order valence-electron chi connectivity index (χ0n) is 13.9.